The first-order valence-electron chi connectivity index (χ1n) is 8.01. The number of fused-ring (bicyclic) bond motifs is 3. The van der Waals surface area contributed by atoms with Crippen molar-refractivity contribution in [1.29, 1.82) is 0 Å². The fourth-order valence-electron chi connectivity index (χ4n) is 3.15. The number of nitrogens with one attached hydrogen (secondary N) is 1. The van der Waals surface area contributed by atoms with Crippen molar-refractivity contribution in [3.63, 3.8) is 0 Å². The van der Waals surface area contributed by atoms with Gasteiger partial charge >= 0.3 is 0 Å². The van der Waals surface area contributed by atoms with Crippen LogP contribution in [0, 0.1) is 0 Å². The maximum absolute atomic E-state index is 4.93. The van der Waals surface area contributed by atoms with Gasteiger partial charge in [-0.3, -0.25) is 0 Å². The fourth-order valence-corrected chi connectivity index (χ4v) is 3.82. The standard InChI is InChI=1S/C16H23BrN4/c1-3-5-6-11(4-2)15-14(17)16-19-10-12-9-18-8-7-13(12)21(16)20-15/h10-11,18H,3-9H2,1-2H3. The molecule has 2 aromatic heterocycles. The first-order valence-corrected chi connectivity index (χ1v) is 8.81. The molecule has 5 heteroatoms. The third-order valence-electron chi connectivity index (χ3n) is 4.44. The highest BCUT2D eigenvalue weighted by Gasteiger charge is 2.22. The van der Waals surface area contributed by atoms with Gasteiger partial charge in [-0.05, 0) is 28.8 Å². The summed E-state index contributed by atoms with van der Waals surface area (Å²) in [5.41, 5.74) is 4.75. The van der Waals surface area contributed by atoms with Crippen molar-refractivity contribution in [2.45, 2.75) is 58.4 Å². The second kappa shape index (κ2) is 6.44. The van der Waals surface area contributed by atoms with Crippen molar-refractivity contribution in [3.05, 3.63) is 27.6 Å². The molecule has 1 aliphatic heterocycles. The lowest BCUT2D eigenvalue weighted by atomic mass is 9.96. The Bertz CT molecular complexity index is 635. The number of halogens is 1. The highest BCUT2D eigenvalue weighted by atomic mass is 79.9. The first kappa shape index (κ1) is 15.0. The number of hydrogen-bond acceptors (Lipinski definition) is 3. The Morgan fingerprint density at radius 2 is 2.29 bits per heavy atom. The van der Waals surface area contributed by atoms with E-state index < -0.39 is 0 Å². The van der Waals surface area contributed by atoms with Crippen LogP contribution in [0.15, 0.2) is 10.7 Å². The smallest absolute Gasteiger partial charge is 0.169 e. The van der Waals surface area contributed by atoms with E-state index in [2.05, 4.69) is 44.6 Å². The predicted molar refractivity (Wildman–Crippen MR) is 88.7 cm³/mol. The van der Waals surface area contributed by atoms with E-state index in [0.29, 0.717) is 5.92 Å². The molecule has 0 spiro atoms. The van der Waals surface area contributed by atoms with Crippen molar-refractivity contribution < 1.29 is 0 Å². The highest BCUT2D eigenvalue weighted by Crippen LogP contribution is 2.33. The number of hydrogen-bond donors (Lipinski definition) is 1. The molecule has 3 rings (SSSR count). The van der Waals surface area contributed by atoms with Crippen molar-refractivity contribution in [2.75, 3.05) is 6.54 Å². The minimum absolute atomic E-state index is 0.526. The Hall–Kier alpha value is -0.940. The summed E-state index contributed by atoms with van der Waals surface area (Å²) in [4.78, 5) is 4.63. The van der Waals surface area contributed by atoms with E-state index in [0.717, 1.165) is 36.1 Å². The molecule has 0 amide bonds. The summed E-state index contributed by atoms with van der Waals surface area (Å²) in [6.07, 6.45) is 7.86. The quantitative estimate of drug-likeness (QED) is 0.891. The lowest BCUT2D eigenvalue weighted by molar-refractivity contribution is 0.548. The van der Waals surface area contributed by atoms with Crippen molar-refractivity contribution in [2.24, 2.45) is 0 Å². The van der Waals surface area contributed by atoms with Gasteiger partial charge in [-0.2, -0.15) is 5.10 Å². The fraction of sp³-hybridized carbons (Fsp3) is 0.625. The average Bonchev–Trinajstić information content (AvgIpc) is 2.86. The molecule has 4 nitrogen and oxygen atoms in total. The number of aromatic nitrogens is 3. The van der Waals surface area contributed by atoms with Crippen LogP contribution in [-0.4, -0.2) is 21.1 Å². The third kappa shape index (κ3) is 2.73. The van der Waals surface area contributed by atoms with E-state index in [-0.39, 0.29) is 0 Å². The van der Waals surface area contributed by atoms with Gasteiger partial charge in [-0.1, -0.05) is 26.7 Å². The Morgan fingerprint density at radius 1 is 1.43 bits per heavy atom. The van der Waals surface area contributed by atoms with Crippen LogP contribution in [0.5, 0.6) is 0 Å². The van der Waals surface area contributed by atoms with Crippen molar-refractivity contribution in [1.82, 2.24) is 19.9 Å². The molecule has 1 aliphatic rings. The highest BCUT2D eigenvalue weighted by molar-refractivity contribution is 9.10. The van der Waals surface area contributed by atoms with E-state index in [1.54, 1.807) is 0 Å². The zero-order valence-corrected chi connectivity index (χ0v) is 14.4. The monoisotopic (exact) mass is 350 g/mol. The topological polar surface area (TPSA) is 42.2 Å². The van der Waals surface area contributed by atoms with Gasteiger partial charge in [-0.15, -0.1) is 0 Å². The molecular weight excluding hydrogens is 328 g/mol. The molecule has 3 heterocycles. The van der Waals surface area contributed by atoms with Gasteiger partial charge in [-0.25, -0.2) is 9.50 Å². The molecule has 1 unspecified atom stereocenters. The minimum Gasteiger partial charge on any atom is -0.312 e. The molecule has 0 fully saturated rings. The normalized spacial score (nSPS) is 16.1. The molecule has 2 aromatic rings. The molecule has 0 radical (unpaired) electrons. The average molecular weight is 351 g/mol. The lowest BCUT2D eigenvalue weighted by Gasteiger charge is -2.17. The number of nitrogens with zero attached hydrogens (tertiary/aromatic N) is 3. The Labute approximate surface area is 134 Å². The second-order valence-corrected chi connectivity index (χ2v) is 6.63. The second-order valence-electron chi connectivity index (χ2n) is 5.84. The van der Waals surface area contributed by atoms with Crippen LogP contribution in [0.25, 0.3) is 5.65 Å². The van der Waals surface area contributed by atoms with Crippen LogP contribution >= 0.6 is 15.9 Å². The van der Waals surface area contributed by atoms with E-state index >= 15 is 0 Å². The number of unbranched alkanes of at least 4 members (excludes halogenated alkanes) is 1. The van der Waals surface area contributed by atoms with Gasteiger partial charge in [0.2, 0.25) is 0 Å². The third-order valence-corrected chi connectivity index (χ3v) is 5.20. The molecule has 0 saturated carbocycles. The van der Waals surface area contributed by atoms with E-state index in [1.165, 1.54) is 36.2 Å². The van der Waals surface area contributed by atoms with Gasteiger partial charge < -0.3 is 5.32 Å². The van der Waals surface area contributed by atoms with Crippen LogP contribution in [0.4, 0.5) is 0 Å². The van der Waals surface area contributed by atoms with Crippen LogP contribution in [0.1, 0.15) is 62.4 Å². The van der Waals surface area contributed by atoms with Gasteiger partial charge in [0.25, 0.3) is 0 Å². The maximum Gasteiger partial charge on any atom is 0.169 e. The van der Waals surface area contributed by atoms with Crippen LogP contribution in [0.3, 0.4) is 0 Å². The van der Waals surface area contributed by atoms with Crippen LogP contribution in [-0.2, 0) is 13.0 Å². The SMILES string of the molecule is CCCCC(CC)c1nn2c3c(cnc2c1Br)CNCC3. The molecule has 0 aromatic carbocycles. The maximum atomic E-state index is 4.93. The van der Waals surface area contributed by atoms with Gasteiger partial charge in [0, 0.05) is 37.2 Å². The van der Waals surface area contributed by atoms with Crippen LogP contribution < -0.4 is 5.32 Å². The molecular formula is C16H23BrN4. The molecule has 21 heavy (non-hydrogen) atoms. The molecule has 1 N–H and O–H groups in total. The summed E-state index contributed by atoms with van der Waals surface area (Å²) < 4.78 is 3.16. The molecule has 0 saturated heterocycles. The molecule has 0 bridgehead atoms. The number of rotatable bonds is 5. The zero-order valence-electron chi connectivity index (χ0n) is 12.8. The minimum atomic E-state index is 0.526. The van der Waals surface area contributed by atoms with Gasteiger partial charge in [0.15, 0.2) is 5.65 Å². The van der Waals surface area contributed by atoms with Gasteiger partial charge in [0.05, 0.1) is 15.9 Å². The Morgan fingerprint density at radius 3 is 3.05 bits per heavy atom. The molecule has 114 valence electrons. The summed E-state index contributed by atoms with van der Waals surface area (Å²) in [5.74, 6) is 0.526. The largest absolute Gasteiger partial charge is 0.312 e. The summed E-state index contributed by atoms with van der Waals surface area (Å²) in [6.45, 7) is 6.42. The summed E-state index contributed by atoms with van der Waals surface area (Å²) in [5, 5.41) is 8.33. The van der Waals surface area contributed by atoms with Crippen molar-refractivity contribution >= 4 is 21.6 Å². The lowest BCUT2D eigenvalue weighted by Crippen LogP contribution is -2.26. The predicted octanol–water partition coefficient (Wildman–Crippen LogP) is 3.82. The Kier molecular flexibility index (Phi) is 4.60. The van der Waals surface area contributed by atoms with E-state index in [9.17, 15) is 0 Å². The van der Waals surface area contributed by atoms with Crippen molar-refractivity contribution in [3.8, 4) is 0 Å². The van der Waals surface area contributed by atoms with Crippen LogP contribution in [0.2, 0.25) is 0 Å². The molecule has 0 aliphatic carbocycles. The summed E-state index contributed by atoms with van der Waals surface area (Å²) in [6, 6.07) is 0. The Balaban J connectivity index is 2.06. The van der Waals surface area contributed by atoms with Gasteiger partial charge in [0.1, 0.15) is 0 Å². The summed E-state index contributed by atoms with van der Waals surface area (Å²) in [7, 11) is 0. The van der Waals surface area contributed by atoms with E-state index in [4.69, 9.17) is 5.10 Å². The zero-order chi connectivity index (χ0) is 14.8. The molecule has 1 atom stereocenters. The first-order chi connectivity index (χ1) is 10.3. The summed E-state index contributed by atoms with van der Waals surface area (Å²) >= 11 is 3.75. The van der Waals surface area contributed by atoms with E-state index in [1.807, 2.05) is 6.20 Å².